The van der Waals surface area contributed by atoms with Crippen LogP contribution in [0.4, 0.5) is 4.79 Å². The minimum absolute atomic E-state index is 0.257. The summed E-state index contributed by atoms with van der Waals surface area (Å²) in [6.07, 6.45) is 2.26. The van der Waals surface area contributed by atoms with E-state index in [1.54, 1.807) is 24.3 Å². The van der Waals surface area contributed by atoms with Gasteiger partial charge in [-0.1, -0.05) is 59.6 Å². The first-order chi connectivity index (χ1) is 11.5. The quantitative estimate of drug-likeness (QED) is 0.680. The lowest BCUT2D eigenvalue weighted by atomic mass is 10.1. The van der Waals surface area contributed by atoms with E-state index >= 15 is 0 Å². The smallest absolute Gasteiger partial charge is 0.268 e. The second-order valence-corrected chi connectivity index (χ2v) is 7.07. The Kier molecular flexibility index (Phi) is 5.29. The molecule has 3 nitrogen and oxygen atoms in total. The number of rotatable bonds is 4. The van der Waals surface area contributed by atoms with E-state index in [4.69, 9.17) is 23.2 Å². The number of hydrogen-bond acceptors (Lipinski definition) is 3. The van der Waals surface area contributed by atoms with Gasteiger partial charge in [0.2, 0.25) is 0 Å². The van der Waals surface area contributed by atoms with Crippen LogP contribution in [0.15, 0.2) is 53.4 Å². The normalized spacial score (nSPS) is 16.2. The topological polar surface area (TPSA) is 37.4 Å². The zero-order valence-electron chi connectivity index (χ0n) is 12.5. The molecule has 2 aromatic rings. The maximum Gasteiger partial charge on any atom is 0.293 e. The highest BCUT2D eigenvalue weighted by atomic mass is 35.5. The third-order valence-corrected chi connectivity index (χ3v) is 5.06. The Morgan fingerprint density at radius 3 is 2.50 bits per heavy atom. The summed E-state index contributed by atoms with van der Waals surface area (Å²) in [5, 5.41) is 0.707. The fourth-order valence-corrected chi connectivity index (χ4v) is 3.66. The predicted molar refractivity (Wildman–Crippen MR) is 99.3 cm³/mol. The van der Waals surface area contributed by atoms with Crippen LogP contribution in [-0.2, 0) is 11.2 Å². The van der Waals surface area contributed by atoms with E-state index < -0.39 is 0 Å². The van der Waals surface area contributed by atoms with E-state index in [1.165, 1.54) is 4.90 Å². The van der Waals surface area contributed by atoms with E-state index in [9.17, 15) is 9.59 Å². The van der Waals surface area contributed by atoms with E-state index in [0.717, 1.165) is 17.3 Å². The van der Waals surface area contributed by atoms with Crippen LogP contribution in [0.1, 0.15) is 11.1 Å². The Labute approximate surface area is 154 Å². The summed E-state index contributed by atoms with van der Waals surface area (Å²) in [4.78, 5) is 26.2. The highest BCUT2D eigenvalue weighted by Crippen LogP contribution is 2.34. The number of benzene rings is 2. The van der Waals surface area contributed by atoms with Crippen molar-refractivity contribution in [3.05, 3.63) is 74.6 Å². The highest BCUT2D eigenvalue weighted by Gasteiger charge is 2.34. The Morgan fingerprint density at radius 1 is 1.04 bits per heavy atom. The number of hydrogen-bond donors (Lipinski definition) is 0. The van der Waals surface area contributed by atoms with Gasteiger partial charge in [0.1, 0.15) is 0 Å². The summed E-state index contributed by atoms with van der Waals surface area (Å²) in [6.45, 7) is 0.361. The minimum Gasteiger partial charge on any atom is -0.268 e. The van der Waals surface area contributed by atoms with Crippen LogP contribution in [0, 0.1) is 0 Å². The molecule has 1 fully saturated rings. The molecule has 2 aromatic carbocycles. The molecule has 1 aliphatic rings. The molecule has 1 aliphatic heterocycles. The average Bonchev–Trinajstić information content (AvgIpc) is 2.83. The number of thioether (sulfide) groups is 1. The number of nitrogens with zero attached hydrogens (tertiary/aromatic N) is 1. The molecule has 24 heavy (non-hydrogen) atoms. The van der Waals surface area contributed by atoms with Crippen molar-refractivity contribution >= 4 is 52.2 Å². The van der Waals surface area contributed by atoms with E-state index in [-0.39, 0.29) is 11.1 Å². The standard InChI is InChI=1S/C18H13Cl2NO2S/c19-14-7-6-13(15(20)11-14)10-16-17(22)21(18(23)24-16)9-8-12-4-2-1-3-5-12/h1-7,10-11H,8-9H2/b16-10-. The van der Waals surface area contributed by atoms with Crippen molar-refractivity contribution in [3.8, 4) is 0 Å². The van der Waals surface area contributed by atoms with Crippen LogP contribution in [-0.4, -0.2) is 22.6 Å². The van der Waals surface area contributed by atoms with Gasteiger partial charge in [-0.25, -0.2) is 0 Å². The molecule has 0 bridgehead atoms. The van der Waals surface area contributed by atoms with Gasteiger partial charge in [0.15, 0.2) is 0 Å². The predicted octanol–water partition coefficient (Wildman–Crippen LogP) is 5.27. The van der Waals surface area contributed by atoms with Crippen LogP contribution in [0.2, 0.25) is 10.0 Å². The molecule has 6 heteroatoms. The molecule has 0 saturated carbocycles. The van der Waals surface area contributed by atoms with Crippen molar-refractivity contribution < 1.29 is 9.59 Å². The lowest BCUT2D eigenvalue weighted by molar-refractivity contribution is -0.122. The van der Waals surface area contributed by atoms with E-state index in [1.807, 2.05) is 30.3 Å². The fraction of sp³-hybridized carbons (Fsp3) is 0.111. The van der Waals surface area contributed by atoms with Crippen LogP contribution in [0.5, 0.6) is 0 Å². The van der Waals surface area contributed by atoms with Gasteiger partial charge in [-0.05, 0) is 47.5 Å². The lowest BCUT2D eigenvalue weighted by Crippen LogP contribution is -2.30. The van der Waals surface area contributed by atoms with Gasteiger partial charge in [-0.15, -0.1) is 0 Å². The fourth-order valence-electron chi connectivity index (χ4n) is 2.34. The van der Waals surface area contributed by atoms with Gasteiger partial charge in [-0.2, -0.15) is 0 Å². The zero-order chi connectivity index (χ0) is 17.1. The van der Waals surface area contributed by atoms with Gasteiger partial charge in [0.25, 0.3) is 11.1 Å². The van der Waals surface area contributed by atoms with Crippen molar-refractivity contribution in [3.63, 3.8) is 0 Å². The molecule has 0 N–H and O–H groups in total. The largest absolute Gasteiger partial charge is 0.293 e. The molecule has 0 spiro atoms. The van der Waals surface area contributed by atoms with E-state index in [0.29, 0.717) is 33.5 Å². The summed E-state index contributed by atoms with van der Waals surface area (Å²) < 4.78 is 0. The Bertz CT molecular complexity index is 821. The second-order valence-electron chi connectivity index (χ2n) is 5.23. The third-order valence-electron chi connectivity index (χ3n) is 3.59. The summed E-state index contributed by atoms with van der Waals surface area (Å²) >= 11 is 12.9. The van der Waals surface area contributed by atoms with Gasteiger partial charge in [0.05, 0.1) is 4.91 Å². The highest BCUT2D eigenvalue weighted by molar-refractivity contribution is 8.18. The molecular weight excluding hydrogens is 365 g/mol. The van der Waals surface area contributed by atoms with Gasteiger partial charge >= 0.3 is 0 Å². The molecule has 1 saturated heterocycles. The molecule has 122 valence electrons. The first-order valence-electron chi connectivity index (χ1n) is 7.29. The lowest BCUT2D eigenvalue weighted by Gasteiger charge is -2.12. The Hall–Kier alpha value is -1.75. The van der Waals surface area contributed by atoms with Crippen molar-refractivity contribution in [1.82, 2.24) is 4.90 Å². The Morgan fingerprint density at radius 2 is 1.79 bits per heavy atom. The van der Waals surface area contributed by atoms with Crippen molar-refractivity contribution in [2.45, 2.75) is 6.42 Å². The Balaban J connectivity index is 1.75. The summed E-state index contributed by atoms with van der Waals surface area (Å²) in [5.74, 6) is -0.285. The van der Waals surface area contributed by atoms with Crippen molar-refractivity contribution in [2.24, 2.45) is 0 Å². The molecule has 0 aromatic heterocycles. The molecule has 1 heterocycles. The molecule has 0 atom stereocenters. The summed E-state index contributed by atoms with van der Waals surface area (Å²) in [6, 6.07) is 14.8. The van der Waals surface area contributed by atoms with Gasteiger partial charge < -0.3 is 0 Å². The van der Waals surface area contributed by atoms with Crippen LogP contribution in [0.3, 0.4) is 0 Å². The molecule has 0 unspecified atom stereocenters. The SMILES string of the molecule is O=C1S/C(=C\c2ccc(Cl)cc2Cl)C(=O)N1CCc1ccccc1. The first-order valence-corrected chi connectivity index (χ1v) is 8.86. The first kappa shape index (κ1) is 17.1. The number of imide groups is 1. The molecule has 3 rings (SSSR count). The second kappa shape index (κ2) is 7.43. The van der Waals surface area contributed by atoms with Crippen LogP contribution in [0.25, 0.3) is 6.08 Å². The monoisotopic (exact) mass is 377 g/mol. The van der Waals surface area contributed by atoms with Crippen molar-refractivity contribution in [1.29, 1.82) is 0 Å². The van der Waals surface area contributed by atoms with Crippen molar-refractivity contribution in [2.75, 3.05) is 6.54 Å². The number of carbonyl (C=O) groups is 2. The molecular formula is C18H13Cl2NO2S. The minimum atomic E-state index is -0.285. The average molecular weight is 378 g/mol. The zero-order valence-corrected chi connectivity index (χ0v) is 14.9. The maximum absolute atomic E-state index is 12.5. The van der Waals surface area contributed by atoms with E-state index in [2.05, 4.69) is 0 Å². The number of halogens is 2. The molecule has 2 amide bonds. The molecule has 0 radical (unpaired) electrons. The van der Waals surface area contributed by atoms with Crippen LogP contribution < -0.4 is 0 Å². The summed E-state index contributed by atoms with van der Waals surface area (Å²) in [7, 11) is 0. The number of carbonyl (C=O) groups excluding carboxylic acids is 2. The van der Waals surface area contributed by atoms with Gasteiger partial charge in [-0.3, -0.25) is 14.5 Å². The maximum atomic E-state index is 12.5. The molecule has 0 aliphatic carbocycles. The van der Waals surface area contributed by atoms with Crippen LogP contribution >= 0.6 is 35.0 Å². The third kappa shape index (κ3) is 3.83. The summed E-state index contributed by atoms with van der Waals surface area (Å²) in [5.41, 5.74) is 1.75. The van der Waals surface area contributed by atoms with Gasteiger partial charge in [0, 0.05) is 16.6 Å². The number of amides is 2.